The monoisotopic (exact) mass is 170 g/mol. The van der Waals surface area contributed by atoms with Crippen LogP contribution < -0.4 is 0 Å². The van der Waals surface area contributed by atoms with E-state index < -0.39 is 0 Å². The van der Waals surface area contributed by atoms with E-state index in [1.807, 2.05) is 0 Å². The Balaban J connectivity index is 2.70. The Labute approximate surface area is 74.3 Å². The molecule has 0 aromatic heterocycles. The van der Waals surface area contributed by atoms with Gasteiger partial charge in [-0.2, -0.15) is 0 Å². The predicted octanol–water partition coefficient (Wildman–Crippen LogP) is 2.03. The normalized spacial score (nSPS) is 21.7. The van der Waals surface area contributed by atoms with E-state index >= 15 is 0 Å². The summed E-state index contributed by atoms with van der Waals surface area (Å²) < 4.78 is 5.21. The van der Waals surface area contributed by atoms with Gasteiger partial charge in [-0.1, -0.05) is 20.8 Å². The summed E-state index contributed by atoms with van der Waals surface area (Å²) >= 11 is 0. The molecule has 1 rings (SSSR count). The minimum absolute atomic E-state index is 0.110. The zero-order valence-corrected chi connectivity index (χ0v) is 8.44. The van der Waals surface area contributed by atoms with Gasteiger partial charge in [-0.25, -0.2) is 0 Å². The van der Waals surface area contributed by atoms with Crippen LogP contribution in [0.4, 0.5) is 0 Å². The predicted molar refractivity (Wildman–Crippen MR) is 48.0 cm³/mol. The van der Waals surface area contributed by atoms with E-state index in [-0.39, 0.29) is 16.6 Å². The Morgan fingerprint density at radius 2 is 1.92 bits per heavy atom. The second kappa shape index (κ2) is 2.84. The molecule has 0 saturated carbocycles. The molecule has 2 nitrogen and oxygen atoms in total. The third kappa shape index (κ3) is 1.53. The molecule has 70 valence electrons. The number of rotatable bonds is 2. The molecular formula is C10H18O2. The minimum atomic E-state index is 0.110. The summed E-state index contributed by atoms with van der Waals surface area (Å²) in [4.78, 5) is 11.0. The SMILES string of the molecule is CC(=O)CC1(C(C)(C)C)COC1. The van der Waals surface area contributed by atoms with Gasteiger partial charge in [0.2, 0.25) is 0 Å². The van der Waals surface area contributed by atoms with Crippen molar-refractivity contribution in [3.8, 4) is 0 Å². The van der Waals surface area contributed by atoms with Gasteiger partial charge in [-0.15, -0.1) is 0 Å². The standard InChI is InChI=1S/C10H18O2/c1-8(11)5-10(6-12-7-10)9(2,3)4/h5-7H2,1-4H3. The molecule has 12 heavy (non-hydrogen) atoms. The van der Waals surface area contributed by atoms with Gasteiger partial charge in [-0.05, 0) is 12.3 Å². The minimum Gasteiger partial charge on any atom is -0.380 e. The van der Waals surface area contributed by atoms with Crippen molar-refractivity contribution in [2.24, 2.45) is 10.8 Å². The Hall–Kier alpha value is -0.370. The molecule has 0 aromatic rings. The van der Waals surface area contributed by atoms with Crippen LogP contribution in [-0.2, 0) is 9.53 Å². The van der Waals surface area contributed by atoms with Gasteiger partial charge in [0.1, 0.15) is 5.78 Å². The summed E-state index contributed by atoms with van der Waals surface area (Å²) in [6, 6.07) is 0. The quantitative estimate of drug-likeness (QED) is 0.634. The highest BCUT2D eigenvalue weighted by molar-refractivity contribution is 5.76. The van der Waals surface area contributed by atoms with E-state index in [0.717, 1.165) is 13.2 Å². The van der Waals surface area contributed by atoms with E-state index in [1.165, 1.54) is 0 Å². The summed E-state index contributed by atoms with van der Waals surface area (Å²) in [5.74, 6) is 0.272. The van der Waals surface area contributed by atoms with Crippen LogP contribution in [-0.4, -0.2) is 19.0 Å². The molecule has 0 radical (unpaired) electrons. The van der Waals surface area contributed by atoms with Crippen LogP contribution in [0.3, 0.4) is 0 Å². The van der Waals surface area contributed by atoms with Crippen LogP contribution in [0.15, 0.2) is 0 Å². The van der Waals surface area contributed by atoms with E-state index in [9.17, 15) is 4.79 Å². The molecule has 0 unspecified atom stereocenters. The number of carbonyl (C=O) groups is 1. The number of hydrogen-bond acceptors (Lipinski definition) is 2. The maximum atomic E-state index is 11.0. The highest BCUT2D eigenvalue weighted by Crippen LogP contribution is 2.47. The van der Waals surface area contributed by atoms with Gasteiger partial charge >= 0.3 is 0 Å². The van der Waals surface area contributed by atoms with Gasteiger partial charge < -0.3 is 9.53 Å². The molecule has 0 aliphatic carbocycles. The number of ether oxygens (including phenoxy) is 1. The zero-order valence-electron chi connectivity index (χ0n) is 8.44. The second-order valence-corrected chi connectivity index (χ2v) is 4.90. The van der Waals surface area contributed by atoms with Crippen molar-refractivity contribution in [1.82, 2.24) is 0 Å². The molecule has 0 bridgehead atoms. The summed E-state index contributed by atoms with van der Waals surface area (Å²) in [5.41, 5.74) is 0.287. The average Bonchev–Trinajstić information content (AvgIpc) is 1.74. The molecule has 1 fully saturated rings. The summed E-state index contributed by atoms with van der Waals surface area (Å²) in [5, 5.41) is 0. The first-order valence-electron chi connectivity index (χ1n) is 4.45. The molecule has 1 heterocycles. The van der Waals surface area contributed by atoms with Crippen molar-refractivity contribution in [1.29, 1.82) is 0 Å². The van der Waals surface area contributed by atoms with Crippen molar-refractivity contribution in [3.63, 3.8) is 0 Å². The van der Waals surface area contributed by atoms with Crippen LogP contribution in [0, 0.1) is 10.8 Å². The average molecular weight is 170 g/mol. The molecule has 1 aliphatic heterocycles. The van der Waals surface area contributed by atoms with E-state index in [0.29, 0.717) is 6.42 Å². The lowest BCUT2D eigenvalue weighted by molar-refractivity contribution is -0.177. The first-order valence-corrected chi connectivity index (χ1v) is 4.45. The summed E-state index contributed by atoms with van der Waals surface area (Å²) in [6.45, 7) is 9.69. The maximum absolute atomic E-state index is 11.0. The molecule has 0 atom stereocenters. The Kier molecular flexibility index (Phi) is 2.30. The molecule has 0 amide bonds. The highest BCUT2D eigenvalue weighted by Gasteiger charge is 2.48. The van der Waals surface area contributed by atoms with Crippen molar-refractivity contribution in [2.45, 2.75) is 34.1 Å². The van der Waals surface area contributed by atoms with Crippen molar-refractivity contribution >= 4 is 5.78 Å². The molecule has 0 spiro atoms. The number of Topliss-reactive ketones (excluding diaryl/α,β-unsaturated/α-hetero) is 1. The van der Waals surface area contributed by atoms with Crippen molar-refractivity contribution in [2.75, 3.05) is 13.2 Å². The van der Waals surface area contributed by atoms with Crippen molar-refractivity contribution in [3.05, 3.63) is 0 Å². The van der Waals surface area contributed by atoms with Gasteiger partial charge in [-0.3, -0.25) is 0 Å². The van der Waals surface area contributed by atoms with Crippen LogP contribution >= 0.6 is 0 Å². The first-order chi connectivity index (χ1) is 5.37. The van der Waals surface area contributed by atoms with Gasteiger partial charge in [0.15, 0.2) is 0 Å². The summed E-state index contributed by atoms with van der Waals surface area (Å²) in [7, 11) is 0. The zero-order chi connectivity index (χ0) is 9.41. The van der Waals surface area contributed by atoms with Crippen molar-refractivity contribution < 1.29 is 9.53 Å². The fraction of sp³-hybridized carbons (Fsp3) is 0.900. The highest BCUT2D eigenvalue weighted by atomic mass is 16.5. The largest absolute Gasteiger partial charge is 0.380 e. The smallest absolute Gasteiger partial charge is 0.130 e. The lowest BCUT2D eigenvalue weighted by Crippen LogP contribution is -2.52. The molecule has 1 saturated heterocycles. The number of ketones is 1. The van der Waals surface area contributed by atoms with Crippen LogP contribution in [0.5, 0.6) is 0 Å². The van der Waals surface area contributed by atoms with Crippen LogP contribution in [0.2, 0.25) is 0 Å². The third-order valence-electron chi connectivity index (χ3n) is 2.94. The maximum Gasteiger partial charge on any atom is 0.130 e. The second-order valence-electron chi connectivity index (χ2n) is 4.90. The van der Waals surface area contributed by atoms with Crippen LogP contribution in [0.1, 0.15) is 34.1 Å². The van der Waals surface area contributed by atoms with Crippen LogP contribution in [0.25, 0.3) is 0 Å². The summed E-state index contributed by atoms with van der Waals surface area (Å²) in [6.07, 6.45) is 0.663. The van der Waals surface area contributed by atoms with Gasteiger partial charge in [0.05, 0.1) is 13.2 Å². The first kappa shape index (κ1) is 9.72. The Morgan fingerprint density at radius 3 is 2.00 bits per heavy atom. The molecule has 2 heteroatoms. The van der Waals surface area contributed by atoms with Gasteiger partial charge in [0.25, 0.3) is 0 Å². The Bertz CT molecular complexity index is 185. The molecule has 0 aromatic carbocycles. The number of carbonyl (C=O) groups excluding carboxylic acids is 1. The van der Waals surface area contributed by atoms with E-state index in [4.69, 9.17) is 4.74 Å². The Morgan fingerprint density at radius 1 is 1.42 bits per heavy atom. The fourth-order valence-corrected chi connectivity index (χ4v) is 1.63. The number of hydrogen-bond donors (Lipinski definition) is 0. The molecule has 1 aliphatic rings. The third-order valence-corrected chi connectivity index (χ3v) is 2.94. The van der Waals surface area contributed by atoms with E-state index in [1.54, 1.807) is 6.92 Å². The van der Waals surface area contributed by atoms with Gasteiger partial charge in [0, 0.05) is 11.8 Å². The fourth-order valence-electron chi connectivity index (χ4n) is 1.63. The van der Waals surface area contributed by atoms with E-state index in [2.05, 4.69) is 20.8 Å². The lowest BCUT2D eigenvalue weighted by Gasteiger charge is -2.50. The topological polar surface area (TPSA) is 26.3 Å². The molecular weight excluding hydrogens is 152 g/mol. The lowest BCUT2D eigenvalue weighted by atomic mass is 9.63. The molecule has 0 N–H and O–H groups in total.